The molecule has 0 bridgehead atoms. The number of carbonyl (C=O) groups is 2. The van der Waals surface area contributed by atoms with Crippen LogP contribution in [0.2, 0.25) is 0 Å². The Labute approximate surface area is 206 Å². The quantitative estimate of drug-likeness (QED) is 0.298. The van der Waals surface area contributed by atoms with Crippen molar-refractivity contribution in [2.75, 3.05) is 12.4 Å². The minimum absolute atomic E-state index is 0.108. The van der Waals surface area contributed by atoms with E-state index in [2.05, 4.69) is 5.32 Å². The Bertz CT molecular complexity index is 1520. The number of anilines is 1. The second-order valence-electron chi connectivity index (χ2n) is 8.03. The van der Waals surface area contributed by atoms with Crippen molar-refractivity contribution in [1.82, 2.24) is 9.13 Å². The van der Waals surface area contributed by atoms with E-state index in [1.54, 1.807) is 59.3 Å². The van der Waals surface area contributed by atoms with Gasteiger partial charge in [0, 0.05) is 17.6 Å². The largest absolute Gasteiger partial charge is 0.464 e. The Balaban J connectivity index is 1.36. The van der Waals surface area contributed by atoms with Gasteiger partial charge in [-0.25, -0.2) is 9.18 Å². The van der Waals surface area contributed by atoms with Gasteiger partial charge in [0.2, 0.25) is 5.91 Å². The standard InChI is InChI=1S/C28H22FN3O4/c1-35-28(34)26-17-25-24(15-16-31(25)21-11-7-19(29)8-12-21)32(26)18-27(33)30-20-9-13-23(14-10-20)36-22-5-3-2-4-6-22/h2-17H,18H2,1H3,(H,30,33). The third-order valence-corrected chi connectivity index (χ3v) is 5.68. The number of amides is 1. The van der Waals surface area contributed by atoms with E-state index in [-0.39, 0.29) is 24.0 Å². The summed E-state index contributed by atoms with van der Waals surface area (Å²) in [7, 11) is 1.29. The smallest absolute Gasteiger partial charge is 0.354 e. The van der Waals surface area contributed by atoms with Crippen LogP contribution in [0.15, 0.2) is 97.2 Å². The molecule has 0 saturated carbocycles. The number of rotatable bonds is 7. The van der Waals surface area contributed by atoms with Gasteiger partial charge >= 0.3 is 5.97 Å². The van der Waals surface area contributed by atoms with E-state index in [1.165, 1.54) is 19.2 Å². The number of methoxy groups -OCH3 is 1. The third-order valence-electron chi connectivity index (χ3n) is 5.68. The van der Waals surface area contributed by atoms with Gasteiger partial charge in [0.25, 0.3) is 0 Å². The number of ether oxygens (including phenoxy) is 2. The lowest BCUT2D eigenvalue weighted by Gasteiger charge is -2.10. The second kappa shape index (κ2) is 9.79. The Morgan fingerprint density at radius 3 is 2.25 bits per heavy atom. The summed E-state index contributed by atoms with van der Waals surface area (Å²) in [4.78, 5) is 25.4. The van der Waals surface area contributed by atoms with Crippen LogP contribution in [0, 0.1) is 5.82 Å². The zero-order chi connectivity index (χ0) is 25.1. The van der Waals surface area contributed by atoms with E-state index in [1.807, 2.05) is 34.9 Å². The number of nitrogens with one attached hydrogen (secondary N) is 1. The number of nitrogens with zero attached hydrogens (tertiary/aromatic N) is 2. The highest BCUT2D eigenvalue weighted by Gasteiger charge is 2.21. The van der Waals surface area contributed by atoms with Crippen LogP contribution in [0.25, 0.3) is 16.7 Å². The van der Waals surface area contributed by atoms with Gasteiger partial charge in [0.15, 0.2) is 0 Å². The van der Waals surface area contributed by atoms with E-state index in [0.29, 0.717) is 28.2 Å². The first-order valence-electron chi connectivity index (χ1n) is 11.2. The van der Waals surface area contributed by atoms with Crippen molar-refractivity contribution in [3.05, 3.63) is 109 Å². The van der Waals surface area contributed by atoms with E-state index in [9.17, 15) is 14.0 Å². The Hall–Kier alpha value is -4.85. The lowest BCUT2D eigenvalue weighted by molar-refractivity contribution is -0.116. The van der Waals surface area contributed by atoms with Crippen LogP contribution >= 0.6 is 0 Å². The lowest BCUT2D eigenvalue weighted by Crippen LogP contribution is -2.21. The summed E-state index contributed by atoms with van der Waals surface area (Å²) in [5.74, 6) is 0.137. The third kappa shape index (κ3) is 4.69. The fraction of sp³-hybridized carbons (Fsp3) is 0.0714. The molecule has 8 heteroatoms. The Morgan fingerprint density at radius 1 is 0.861 bits per heavy atom. The summed E-state index contributed by atoms with van der Waals surface area (Å²) in [6.45, 7) is -0.108. The maximum atomic E-state index is 13.4. The molecule has 5 aromatic rings. The first kappa shape index (κ1) is 22.9. The highest BCUT2D eigenvalue weighted by Crippen LogP contribution is 2.26. The van der Waals surface area contributed by atoms with Crippen LogP contribution in [0.4, 0.5) is 10.1 Å². The summed E-state index contributed by atoms with van der Waals surface area (Å²) in [5, 5.41) is 2.85. The summed E-state index contributed by atoms with van der Waals surface area (Å²) < 4.78 is 27.5. The number of hydrogen-bond acceptors (Lipinski definition) is 4. The van der Waals surface area contributed by atoms with Gasteiger partial charge in [-0.2, -0.15) is 0 Å². The van der Waals surface area contributed by atoms with Crippen molar-refractivity contribution in [2.45, 2.75) is 6.54 Å². The molecule has 0 saturated heterocycles. The van der Waals surface area contributed by atoms with Crippen molar-refractivity contribution < 1.29 is 23.5 Å². The van der Waals surface area contributed by atoms with Gasteiger partial charge in [-0.3, -0.25) is 4.79 Å². The minimum Gasteiger partial charge on any atom is -0.464 e. The predicted octanol–water partition coefficient (Wildman–Crippen LogP) is 5.79. The van der Waals surface area contributed by atoms with Crippen molar-refractivity contribution in [3.8, 4) is 17.2 Å². The molecule has 0 radical (unpaired) electrons. The van der Waals surface area contributed by atoms with Crippen LogP contribution in [0.1, 0.15) is 10.5 Å². The Kier molecular flexibility index (Phi) is 6.23. The number of hydrogen-bond donors (Lipinski definition) is 1. The zero-order valence-corrected chi connectivity index (χ0v) is 19.4. The first-order chi connectivity index (χ1) is 17.5. The molecule has 0 aliphatic carbocycles. The molecule has 7 nitrogen and oxygen atoms in total. The zero-order valence-electron chi connectivity index (χ0n) is 19.4. The van der Waals surface area contributed by atoms with Crippen molar-refractivity contribution in [2.24, 2.45) is 0 Å². The second-order valence-corrected chi connectivity index (χ2v) is 8.03. The molecule has 5 rings (SSSR count). The maximum Gasteiger partial charge on any atom is 0.354 e. The molecule has 0 aliphatic heterocycles. The normalized spacial score (nSPS) is 10.8. The minimum atomic E-state index is -0.563. The number of fused-ring (bicyclic) bond motifs is 1. The van der Waals surface area contributed by atoms with Crippen LogP contribution in [0.5, 0.6) is 11.5 Å². The van der Waals surface area contributed by atoms with Crippen LogP contribution < -0.4 is 10.1 Å². The molecule has 2 heterocycles. The number of aromatic nitrogens is 2. The summed E-state index contributed by atoms with van der Waals surface area (Å²) in [5.41, 5.74) is 2.91. The highest BCUT2D eigenvalue weighted by atomic mass is 19.1. The molecular formula is C28H22FN3O4. The van der Waals surface area contributed by atoms with Crippen LogP contribution in [-0.4, -0.2) is 28.1 Å². The first-order valence-corrected chi connectivity index (χ1v) is 11.2. The Morgan fingerprint density at radius 2 is 1.56 bits per heavy atom. The van der Waals surface area contributed by atoms with E-state index in [4.69, 9.17) is 9.47 Å². The predicted molar refractivity (Wildman–Crippen MR) is 134 cm³/mol. The SMILES string of the molecule is COC(=O)c1cc2c(ccn2-c2ccc(F)cc2)n1CC(=O)Nc1ccc(Oc2ccccc2)cc1. The lowest BCUT2D eigenvalue weighted by atomic mass is 10.3. The van der Waals surface area contributed by atoms with Crippen molar-refractivity contribution in [1.29, 1.82) is 0 Å². The average Bonchev–Trinajstić information content (AvgIpc) is 3.46. The maximum absolute atomic E-state index is 13.4. The van der Waals surface area contributed by atoms with Crippen molar-refractivity contribution >= 4 is 28.6 Å². The number of benzene rings is 3. The summed E-state index contributed by atoms with van der Waals surface area (Å²) in [6, 6.07) is 25.9. The van der Waals surface area contributed by atoms with Crippen LogP contribution in [0.3, 0.4) is 0 Å². The van der Waals surface area contributed by atoms with Gasteiger partial charge in [0.05, 0.1) is 18.1 Å². The topological polar surface area (TPSA) is 74.5 Å². The molecular weight excluding hydrogens is 461 g/mol. The summed E-state index contributed by atoms with van der Waals surface area (Å²) >= 11 is 0. The monoisotopic (exact) mass is 483 g/mol. The molecule has 36 heavy (non-hydrogen) atoms. The molecule has 0 unspecified atom stereocenters. The molecule has 0 fully saturated rings. The fourth-order valence-electron chi connectivity index (χ4n) is 3.99. The van der Waals surface area contributed by atoms with Crippen molar-refractivity contribution in [3.63, 3.8) is 0 Å². The van der Waals surface area contributed by atoms with E-state index >= 15 is 0 Å². The van der Waals surface area contributed by atoms with Gasteiger partial charge < -0.3 is 23.9 Å². The molecule has 1 N–H and O–H groups in total. The number of carbonyl (C=O) groups excluding carboxylic acids is 2. The fourth-order valence-corrected chi connectivity index (χ4v) is 3.99. The summed E-state index contributed by atoms with van der Waals surface area (Å²) in [6.07, 6.45) is 1.80. The molecule has 3 aromatic carbocycles. The number of esters is 1. The van der Waals surface area contributed by atoms with E-state index < -0.39 is 5.97 Å². The van der Waals surface area contributed by atoms with Crippen LogP contribution in [-0.2, 0) is 16.1 Å². The van der Waals surface area contributed by atoms with E-state index in [0.717, 1.165) is 5.69 Å². The van der Waals surface area contributed by atoms with Gasteiger partial charge in [0.1, 0.15) is 29.6 Å². The number of halogens is 1. The van der Waals surface area contributed by atoms with Gasteiger partial charge in [-0.05, 0) is 72.8 Å². The molecule has 2 aromatic heterocycles. The highest BCUT2D eigenvalue weighted by molar-refractivity contribution is 5.98. The number of para-hydroxylation sites is 1. The molecule has 0 spiro atoms. The molecule has 0 atom stereocenters. The average molecular weight is 483 g/mol. The molecule has 180 valence electrons. The molecule has 1 amide bonds. The molecule has 0 aliphatic rings. The van der Waals surface area contributed by atoms with Gasteiger partial charge in [-0.15, -0.1) is 0 Å². The van der Waals surface area contributed by atoms with Gasteiger partial charge in [-0.1, -0.05) is 18.2 Å².